The van der Waals surface area contributed by atoms with Crippen molar-refractivity contribution in [1.29, 1.82) is 0 Å². The maximum atomic E-state index is 11.2. The highest BCUT2D eigenvalue weighted by Gasteiger charge is 2.12. The van der Waals surface area contributed by atoms with Gasteiger partial charge in [0.05, 0.1) is 14.2 Å². The summed E-state index contributed by atoms with van der Waals surface area (Å²) < 4.78 is 22.0. The van der Waals surface area contributed by atoms with E-state index < -0.39 is 10.8 Å². The zero-order valence-electron chi connectivity index (χ0n) is 12.5. The first-order valence-electron chi connectivity index (χ1n) is 6.27. The Morgan fingerprint density at radius 1 is 1.20 bits per heavy atom. The van der Waals surface area contributed by atoms with Crippen molar-refractivity contribution in [3.63, 3.8) is 0 Å². The smallest absolute Gasteiger partial charge is 0.122 e. The van der Waals surface area contributed by atoms with Crippen molar-refractivity contribution in [2.24, 2.45) is 5.73 Å². The van der Waals surface area contributed by atoms with Gasteiger partial charge in [-0.15, -0.1) is 12.4 Å². The van der Waals surface area contributed by atoms with Crippen LogP contribution in [0.1, 0.15) is 18.1 Å². The minimum absolute atomic E-state index is 0. The van der Waals surface area contributed by atoms with E-state index >= 15 is 0 Å². The number of methoxy groups -OCH3 is 2. The van der Waals surface area contributed by atoms with Crippen molar-refractivity contribution < 1.29 is 13.7 Å². The molecule has 1 aromatic rings. The lowest BCUT2D eigenvalue weighted by atomic mass is 10.0. The molecule has 0 bridgehead atoms. The molecule has 2 atom stereocenters. The highest BCUT2D eigenvalue weighted by Crippen LogP contribution is 2.30. The number of rotatable bonds is 7. The molecule has 0 heterocycles. The summed E-state index contributed by atoms with van der Waals surface area (Å²) in [6, 6.07) is 3.99. The number of ether oxygens (including phenoxy) is 2. The molecule has 0 aliphatic rings. The summed E-state index contributed by atoms with van der Waals surface area (Å²) in [7, 11) is 2.47. The number of benzene rings is 1. The first-order chi connectivity index (χ1) is 8.97. The summed E-state index contributed by atoms with van der Waals surface area (Å²) in [5, 5.41) is 0. The third kappa shape index (κ3) is 5.69. The van der Waals surface area contributed by atoms with Gasteiger partial charge in [-0.25, -0.2) is 0 Å². The van der Waals surface area contributed by atoms with Crippen LogP contribution >= 0.6 is 12.4 Å². The van der Waals surface area contributed by atoms with Crippen molar-refractivity contribution in [2.45, 2.75) is 25.8 Å². The van der Waals surface area contributed by atoms with Gasteiger partial charge in [0.15, 0.2) is 0 Å². The van der Waals surface area contributed by atoms with Crippen molar-refractivity contribution in [2.75, 3.05) is 26.2 Å². The first kappa shape index (κ1) is 19.2. The molecule has 0 spiro atoms. The van der Waals surface area contributed by atoms with E-state index in [0.717, 1.165) is 29.0 Å². The van der Waals surface area contributed by atoms with Gasteiger partial charge < -0.3 is 15.2 Å². The minimum Gasteiger partial charge on any atom is -0.496 e. The molecule has 0 aromatic heterocycles. The Morgan fingerprint density at radius 2 is 1.70 bits per heavy atom. The SMILES string of the molecule is COc1cc(CC(C)N)c(OC)cc1CCS(C)=O.Cl. The lowest BCUT2D eigenvalue weighted by Crippen LogP contribution is -2.18. The van der Waals surface area contributed by atoms with Gasteiger partial charge in [-0.3, -0.25) is 4.21 Å². The Hall–Kier alpha value is -0.780. The fourth-order valence-corrected chi connectivity index (χ4v) is 2.49. The zero-order valence-corrected chi connectivity index (χ0v) is 14.1. The van der Waals surface area contributed by atoms with Crippen LogP contribution in [-0.4, -0.2) is 36.5 Å². The Balaban J connectivity index is 0.00000361. The Bertz CT molecular complexity index is 452. The summed E-state index contributed by atoms with van der Waals surface area (Å²) in [5.74, 6) is 2.24. The fourth-order valence-electron chi connectivity index (χ4n) is 1.98. The van der Waals surface area contributed by atoms with Gasteiger partial charge in [0.2, 0.25) is 0 Å². The third-order valence-corrected chi connectivity index (χ3v) is 3.66. The quantitative estimate of drug-likeness (QED) is 0.833. The monoisotopic (exact) mass is 321 g/mol. The largest absolute Gasteiger partial charge is 0.496 e. The van der Waals surface area contributed by atoms with Crippen LogP contribution in [0, 0.1) is 0 Å². The molecule has 1 rings (SSSR count). The van der Waals surface area contributed by atoms with Gasteiger partial charge in [0.25, 0.3) is 0 Å². The van der Waals surface area contributed by atoms with Crippen LogP contribution in [0.15, 0.2) is 12.1 Å². The first-order valence-corrected chi connectivity index (χ1v) is 8.00. The number of nitrogens with two attached hydrogens (primary N) is 1. The van der Waals surface area contributed by atoms with E-state index in [-0.39, 0.29) is 18.4 Å². The molecular formula is C14H24ClNO3S. The average Bonchev–Trinajstić information content (AvgIpc) is 2.35. The zero-order chi connectivity index (χ0) is 14.4. The molecular weight excluding hydrogens is 298 g/mol. The summed E-state index contributed by atoms with van der Waals surface area (Å²) in [6.45, 7) is 1.96. The Kier molecular flexibility index (Phi) is 8.85. The highest BCUT2D eigenvalue weighted by atomic mass is 35.5. The van der Waals surface area contributed by atoms with Crippen LogP contribution in [0.3, 0.4) is 0 Å². The van der Waals surface area contributed by atoms with Crippen LogP contribution in [0.25, 0.3) is 0 Å². The van der Waals surface area contributed by atoms with E-state index in [0.29, 0.717) is 12.2 Å². The predicted molar refractivity (Wildman–Crippen MR) is 86.8 cm³/mol. The van der Waals surface area contributed by atoms with Gasteiger partial charge in [-0.05, 0) is 43.0 Å². The molecule has 0 amide bonds. The Labute approximate surface area is 129 Å². The van der Waals surface area contributed by atoms with Gasteiger partial charge in [0, 0.05) is 28.9 Å². The summed E-state index contributed by atoms with van der Waals surface area (Å²) in [5.41, 5.74) is 7.89. The molecule has 0 radical (unpaired) electrons. The molecule has 2 unspecified atom stereocenters. The molecule has 0 saturated heterocycles. The molecule has 20 heavy (non-hydrogen) atoms. The van der Waals surface area contributed by atoms with Crippen LogP contribution < -0.4 is 15.2 Å². The second-order valence-corrected chi connectivity index (χ2v) is 6.24. The van der Waals surface area contributed by atoms with Crippen molar-refractivity contribution in [3.8, 4) is 11.5 Å². The highest BCUT2D eigenvalue weighted by molar-refractivity contribution is 7.84. The predicted octanol–water partition coefficient (Wildman–Crippen LogP) is 1.94. The number of aryl methyl sites for hydroxylation is 1. The van der Waals surface area contributed by atoms with Crippen molar-refractivity contribution in [3.05, 3.63) is 23.3 Å². The van der Waals surface area contributed by atoms with E-state index in [1.165, 1.54) is 0 Å². The van der Waals surface area contributed by atoms with Gasteiger partial charge in [-0.1, -0.05) is 0 Å². The van der Waals surface area contributed by atoms with Crippen LogP contribution in [0.5, 0.6) is 11.5 Å². The van der Waals surface area contributed by atoms with Crippen LogP contribution in [0.2, 0.25) is 0 Å². The molecule has 6 heteroatoms. The van der Waals surface area contributed by atoms with E-state index in [2.05, 4.69) is 0 Å². The van der Waals surface area contributed by atoms with Crippen molar-refractivity contribution in [1.82, 2.24) is 0 Å². The standard InChI is InChI=1S/C14H23NO3S.ClH/c1-10(15)7-12-9-13(17-2)11(5-6-19(4)16)8-14(12)18-3;/h8-10H,5-7,15H2,1-4H3;1H. The third-order valence-electron chi connectivity index (χ3n) is 2.88. The second kappa shape index (κ2) is 9.21. The topological polar surface area (TPSA) is 61.6 Å². The lowest BCUT2D eigenvalue weighted by molar-refractivity contribution is 0.394. The maximum absolute atomic E-state index is 11.2. The van der Waals surface area contributed by atoms with E-state index in [1.807, 2.05) is 19.1 Å². The van der Waals surface area contributed by atoms with E-state index in [9.17, 15) is 4.21 Å². The van der Waals surface area contributed by atoms with Crippen LogP contribution in [0.4, 0.5) is 0 Å². The second-order valence-electron chi connectivity index (χ2n) is 4.68. The van der Waals surface area contributed by atoms with Crippen LogP contribution in [-0.2, 0) is 23.6 Å². The summed E-state index contributed by atoms with van der Waals surface area (Å²) in [6.07, 6.45) is 3.15. The normalized spacial score (nSPS) is 13.2. The number of hydrogen-bond acceptors (Lipinski definition) is 4. The fraction of sp³-hybridized carbons (Fsp3) is 0.571. The molecule has 0 aliphatic carbocycles. The molecule has 4 nitrogen and oxygen atoms in total. The molecule has 0 saturated carbocycles. The number of hydrogen-bond donors (Lipinski definition) is 1. The molecule has 116 valence electrons. The number of halogens is 1. The molecule has 0 fully saturated rings. The van der Waals surface area contributed by atoms with E-state index in [1.54, 1.807) is 20.5 Å². The summed E-state index contributed by atoms with van der Waals surface area (Å²) in [4.78, 5) is 0. The minimum atomic E-state index is -0.816. The average molecular weight is 322 g/mol. The van der Waals surface area contributed by atoms with E-state index in [4.69, 9.17) is 15.2 Å². The van der Waals surface area contributed by atoms with Gasteiger partial charge >= 0.3 is 0 Å². The maximum Gasteiger partial charge on any atom is 0.122 e. The molecule has 2 N–H and O–H groups in total. The lowest BCUT2D eigenvalue weighted by Gasteiger charge is -2.16. The molecule has 1 aromatic carbocycles. The van der Waals surface area contributed by atoms with Gasteiger partial charge in [-0.2, -0.15) is 0 Å². The molecule has 0 aliphatic heterocycles. The van der Waals surface area contributed by atoms with Crippen molar-refractivity contribution >= 4 is 23.2 Å². The Morgan fingerprint density at radius 3 is 2.15 bits per heavy atom. The van der Waals surface area contributed by atoms with Gasteiger partial charge in [0.1, 0.15) is 11.5 Å². The summed E-state index contributed by atoms with van der Waals surface area (Å²) >= 11 is 0.